The molecule has 0 unspecified atom stereocenters. The molecule has 0 atom stereocenters. The van der Waals surface area contributed by atoms with Crippen LogP contribution in [-0.4, -0.2) is 41.8 Å². The fraction of sp³-hybridized carbons (Fsp3) is 0.269. The van der Waals surface area contributed by atoms with Gasteiger partial charge in [-0.05, 0) is 61.4 Å². The normalized spacial score (nSPS) is 10.8. The van der Waals surface area contributed by atoms with Crippen molar-refractivity contribution in [2.45, 2.75) is 27.2 Å². The summed E-state index contributed by atoms with van der Waals surface area (Å²) < 4.78 is 17.2. The van der Waals surface area contributed by atoms with E-state index in [0.717, 1.165) is 5.01 Å². The smallest absolute Gasteiger partial charge is 0.268 e. The lowest BCUT2D eigenvalue weighted by molar-refractivity contribution is -0.114. The molecule has 0 bridgehead atoms. The molecular formula is C26H27N5O5S. The molecule has 0 saturated carbocycles. The van der Waals surface area contributed by atoms with Gasteiger partial charge >= 0.3 is 0 Å². The van der Waals surface area contributed by atoms with Gasteiger partial charge in [-0.2, -0.15) is 5.26 Å². The molecule has 192 valence electrons. The fourth-order valence-electron chi connectivity index (χ4n) is 3.08. The first-order valence-corrected chi connectivity index (χ1v) is 12.4. The number of nitrogens with zero attached hydrogens (tertiary/aromatic N) is 3. The number of nitriles is 1. The summed E-state index contributed by atoms with van der Waals surface area (Å²) in [6.45, 7) is 6.19. The summed E-state index contributed by atoms with van der Waals surface area (Å²) in [7, 11) is 0. The standard InChI is InChI=1S/C26H27N5O5S/c1-4-24-30-31-26(37-24)29-25(33)19(16-27)14-18-6-11-22(23(15-18)34-5-2)36-13-12-35-21-9-7-20(8-10-21)28-17(3)32/h6-11,14-15H,4-5,12-13H2,1-3H3,(H,28,32)(H,29,31,33)/b19-14-. The van der Waals surface area contributed by atoms with Gasteiger partial charge in [-0.25, -0.2) is 0 Å². The summed E-state index contributed by atoms with van der Waals surface area (Å²) in [5.41, 5.74) is 1.21. The van der Waals surface area contributed by atoms with E-state index >= 15 is 0 Å². The highest BCUT2D eigenvalue weighted by molar-refractivity contribution is 7.15. The fourth-order valence-corrected chi connectivity index (χ4v) is 3.75. The number of ether oxygens (including phenoxy) is 3. The summed E-state index contributed by atoms with van der Waals surface area (Å²) >= 11 is 1.26. The first-order chi connectivity index (χ1) is 17.9. The van der Waals surface area contributed by atoms with Crippen LogP contribution in [0, 0.1) is 11.3 Å². The van der Waals surface area contributed by atoms with Crippen LogP contribution < -0.4 is 24.8 Å². The van der Waals surface area contributed by atoms with Gasteiger partial charge in [0.25, 0.3) is 5.91 Å². The molecule has 0 saturated heterocycles. The maximum absolute atomic E-state index is 12.5. The number of aromatic nitrogens is 2. The van der Waals surface area contributed by atoms with Crippen LogP contribution >= 0.6 is 11.3 Å². The van der Waals surface area contributed by atoms with Crippen molar-refractivity contribution in [3.05, 3.63) is 58.6 Å². The first kappa shape index (κ1) is 27.2. The molecular weight excluding hydrogens is 494 g/mol. The minimum atomic E-state index is -0.568. The number of anilines is 2. The zero-order valence-corrected chi connectivity index (χ0v) is 21.6. The highest BCUT2D eigenvalue weighted by atomic mass is 32.1. The molecule has 3 rings (SSSR count). The van der Waals surface area contributed by atoms with Crippen LogP contribution in [0.15, 0.2) is 48.0 Å². The molecule has 37 heavy (non-hydrogen) atoms. The number of nitrogens with one attached hydrogen (secondary N) is 2. The number of benzene rings is 2. The minimum absolute atomic E-state index is 0.0812. The van der Waals surface area contributed by atoms with E-state index in [1.165, 1.54) is 24.3 Å². The van der Waals surface area contributed by atoms with Crippen molar-refractivity contribution in [2.75, 3.05) is 30.5 Å². The summed E-state index contributed by atoms with van der Waals surface area (Å²) in [5.74, 6) is 0.921. The summed E-state index contributed by atoms with van der Waals surface area (Å²) in [6.07, 6.45) is 2.18. The van der Waals surface area contributed by atoms with Crippen molar-refractivity contribution in [1.82, 2.24) is 10.2 Å². The molecule has 10 nitrogen and oxygen atoms in total. The summed E-state index contributed by atoms with van der Waals surface area (Å²) in [5, 5.41) is 23.8. The Morgan fingerprint density at radius 3 is 2.41 bits per heavy atom. The maximum atomic E-state index is 12.5. The zero-order chi connectivity index (χ0) is 26.6. The van der Waals surface area contributed by atoms with Crippen LogP contribution in [0.5, 0.6) is 17.2 Å². The largest absolute Gasteiger partial charge is 0.490 e. The Morgan fingerprint density at radius 2 is 1.76 bits per heavy atom. The number of carbonyl (C=O) groups is 2. The van der Waals surface area contributed by atoms with Crippen LogP contribution in [0.3, 0.4) is 0 Å². The van der Waals surface area contributed by atoms with Gasteiger partial charge in [-0.15, -0.1) is 10.2 Å². The average molecular weight is 522 g/mol. The van der Waals surface area contributed by atoms with Crippen molar-refractivity contribution in [2.24, 2.45) is 0 Å². The topological polar surface area (TPSA) is 135 Å². The van der Waals surface area contributed by atoms with E-state index < -0.39 is 5.91 Å². The molecule has 1 aromatic heterocycles. The van der Waals surface area contributed by atoms with Gasteiger partial charge in [0.1, 0.15) is 35.6 Å². The van der Waals surface area contributed by atoms with Crippen LogP contribution in [0.25, 0.3) is 6.08 Å². The Kier molecular flexibility index (Phi) is 9.99. The molecule has 0 aliphatic rings. The van der Waals surface area contributed by atoms with Gasteiger partial charge in [-0.1, -0.05) is 24.3 Å². The predicted molar refractivity (Wildman–Crippen MR) is 141 cm³/mol. The Hall–Kier alpha value is -4.43. The Morgan fingerprint density at radius 1 is 1.00 bits per heavy atom. The number of carbonyl (C=O) groups excluding carboxylic acids is 2. The molecule has 0 radical (unpaired) electrons. The monoisotopic (exact) mass is 521 g/mol. The molecule has 1 heterocycles. The molecule has 0 aliphatic heterocycles. The summed E-state index contributed by atoms with van der Waals surface area (Å²) in [6, 6.07) is 14.1. The van der Waals surface area contributed by atoms with Crippen molar-refractivity contribution in [3.8, 4) is 23.3 Å². The zero-order valence-electron chi connectivity index (χ0n) is 20.7. The molecule has 2 aromatic carbocycles. The van der Waals surface area contributed by atoms with Crippen molar-refractivity contribution >= 4 is 40.0 Å². The first-order valence-electron chi connectivity index (χ1n) is 11.6. The van der Waals surface area contributed by atoms with Crippen LogP contribution in [0.1, 0.15) is 31.3 Å². The van der Waals surface area contributed by atoms with Crippen molar-refractivity contribution in [3.63, 3.8) is 0 Å². The van der Waals surface area contributed by atoms with E-state index in [0.29, 0.717) is 46.7 Å². The molecule has 2 amide bonds. The number of rotatable bonds is 12. The number of hydrogen-bond acceptors (Lipinski definition) is 9. The molecule has 0 aliphatic carbocycles. The molecule has 0 spiro atoms. The average Bonchev–Trinajstić information content (AvgIpc) is 3.34. The highest BCUT2D eigenvalue weighted by Crippen LogP contribution is 2.29. The van der Waals surface area contributed by atoms with Crippen LogP contribution in [-0.2, 0) is 16.0 Å². The lowest BCUT2D eigenvalue weighted by Crippen LogP contribution is -2.13. The summed E-state index contributed by atoms with van der Waals surface area (Å²) in [4.78, 5) is 23.6. The number of hydrogen-bond donors (Lipinski definition) is 2. The van der Waals surface area contributed by atoms with Gasteiger partial charge in [0.15, 0.2) is 11.5 Å². The van der Waals surface area contributed by atoms with Gasteiger partial charge in [-0.3, -0.25) is 14.9 Å². The van der Waals surface area contributed by atoms with E-state index in [4.69, 9.17) is 14.2 Å². The second-order valence-corrected chi connectivity index (χ2v) is 8.58. The van der Waals surface area contributed by atoms with Crippen LogP contribution in [0.4, 0.5) is 10.8 Å². The second-order valence-electron chi connectivity index (χ2n) is 7.52. The van der Waals surface area contributed by atoms with Gasteiger partial charge in [0.2, 0.25) is 11.0 Å². The van der Waals surface area contributed by atoms with E-state index in [2.05, 4.69) is 20.8 Å². The lowest BCUT2D eigenvalue weighted by Gasteiger charge is -2.13. The number of amides is 2. The van der Waals surface area contributed by atoms with Gasteiger partial charge in [0, 0.05) is 12.6 Å². The predicted octanol–water partition coefficient (Wildman–Crippen LogP) is 4.46. The molecule has 11 heteroatoms. The quantitative estimate of drug-likeness (QED) is 0.203. The SMILES string of the molecule is CCOc1cc(/C=C(/C#N)C(=O)Nc2nnc(CC)s2)ccc1OCCOc1ccc(NC(C)=O)cc1. The Labute approximate surface area is 218 Å². The Bertz CT molecular complexity index is 1300. The third kappa shape index (κ3) is 8.33. The van der Waals surface area contributed by atoms with Gasteiger partial charge in [0.05, 0.1) is 6.61 Å². The van der Waals surface area contributed by atoms with Crippen molar-refractivity contribution in [1.29, 1.82) is 5.26 Å². The van der Waals surface area contributed by atoms with Gasteiger partial charge < -0.3 is 19.5 Å². The van der Waals surface area contributed by atoms with E-state index in [9.17, 15) is 14.9 Å². The third-order valence-electron chi connectivity index (χ3n) is 4.72. The second kappa shape index (κ2) is 13.6. The highest BCUT2D eigenvalue weighted by Gasteiger charge is 2.14. The van der Waals surface area contributed by atoms with E-state index in [1.54, 1.807) is 42.5 Å². The number of aryl methyl sites for hydroxylation is 1. The van der Waals surface area contributed by atoms with E-state index in [-0.39, 0.29) is 24.7 Å². The Balaban J connectivity index is 1.60. The molecule has 0 fully saturated rings. The minimum Gasteiger partial charge on any atom is -0.490 e. The maximum Gasteiger partial charge on any atom is 0.268 e. The van der Waals surface area contributed by atoms with E-state index in [1.807, 2.05) is 19.9 Å². The van der Waals surface area contributed by atoms with Crippen molar-refractivity contribution < 1.29 is 23.8 Å². The third-order valence-corrected chi connectivity index (χ3v) is 5.70. The molecule has 2 N–H and O–H groups in total. The van der Waals surface area contributed by atoms with Crippen LogP contribution in [0.2, 0.25) is 0 Å². The molecule has 3 aromatic rings. The lowest BCUT2D eigenvalue weighted by atomic mass is 10.1.